The summed E-state index contributed by atoms with van der Waals surface area (Å²) < 4.78 is 0. The second-order valence-electron chi connectivity index (χ2n) is 2.96. The number of hydrogen-bond donors (Lipinski definition) is 2. The fourth-order valence-corrected chi connectivity index (χ4v) is 1.05. The molecule has 0 fully saturated rings. The third kappa shape index (κ3) is 3.27. The lowest BCUT2D eigenvalue weighted by molar-refractivity contribution is -0.116. The average Bonchev–Trinajstić information content (AvgIpc) is 2.52. The van der Waals surface area contributed by atoms with Gasteiger partial charge in [0.25, 0.3) is 5.91 Å². The zero-order valence-electron chi connectivity index (χ0n) is 7.84. The summed E-state index contributed by atoms with van der Waals surface area (Å²) in [5.74, 6) is -0.136. The summed E-state index contributed by atoms with van der Waals surface area (Å²) >= 11 is 0. The molecule has 0 aromatic heterocycles. The van der Waals surface area contributed by atoms with Crippen molar-refractivity contribution in [1.29, 1.82) is 0 Å². The van der Waals surface area contributed by atoms with Crippen molar-refractivity contribution >= 4 is 12.1 Å². The quantitative estimate of drug-likeness (QED) is 0.486. The van der Waals surface area contributed by atoms with Crippen LogP contribution in [0.1, 0.15) is 26.2 Å². The van der Waals surface area contributed by atoms with Crippen LogP contribution < -0.4 is 10.7 Å². The molecular formula is C9H15N3O. The highest BCUT2D eigenvalue weighted by atomic mass is 16.2. The Hall–Kier alpha value is -1.32. The van der Waals surface area contributed by atoms with Crippen molar-refractivity contribution in [3.63, 3.8) is 0 Å². The van der Waals surface area contributed by atoms with Gasteiger partial charge in [-0.05, 0) is 6.42 Å². The van der Waals surface area contributed by atoms with Crippen molar-refractivity contribution in [2.24, 2.45) is 5.10 Å². The zero-order chi connectivity index (χ0) is 9.52. The van der Waals surface area contributed by atoms with Gasteiger partial charge in [0.2, 0.25) is 0 Å². The van der Waals surface area contributed by atoms with Crippen LogP contribution in [-0.4, -0.2) is 18.7 Å². The summed E-state index contributed by atoms with van der Waals surface area (Å²) in [6, 6.07) is 0. The SMILES string of the molecule is CCCCCNC=C1C=NNC1=O. The molecule has 0 radical (unpaired) electrons. The number of carbonyl (C=O) groups is 1. The number of unbranched alkanes of at least 4 members (excludes halogenated alkanes) is 2. The number of nitrogens with one attached hydrogen (secondary N) is 2. The highest BCUT2D eigenvalue weighted by Crippen LogP contribution is 1.95. The molecule has 1 amide bonds. The van der Waals surface area contributed by atoms with Crippen molar-refractivity contribution in [1.82, 2.24) is 10.7 Å². The van der Waals surface area contributed by atoms with Gasteiger partial charge in [0, 0.05) is 12.7 Å². The fraction of sp³-hybridized carbons (Fsp3) is 0.556. The van der Waals surface area contributed by atoms with Gasteiger partial charge in [0.1, 0.15) is 0 Å². The van der Waals surface area contributed by atoms with Gasteiger partial charge in [-0.3, -0.25) is 4.79 Å². The van der Waals surface area contributed by atoms with E-state index >= 15 is 0 Å². The van der Waals surface area contributed by atoms with Crippen LogP contribution in [-0.2, 0) is 4.79 Å². The molecule has 13 heavy (non-hydrogen) atoms. The minimum atomic E-state index is -0.136. The average molecular weight is 181 g/mol. The number of nitrogens with zero attached hydrogens (tertiary/aromatic N) is 1. The van der Waals surface area contributed by atoms with Gasteiger partial charge in [-0.2, -0.15) is 5.10 Å². The van der Waals surface area contributed by atoms with Gasteiger partial charge in [-0.25, -0.2) is 5.43 Å². The van der Waals surface area contributed by atoms with E-state index in [0.717, 1.165) is 13.0 Å². The number of amides is 1. The number of hydrazone groups is 1. The van der Waals surface area contributed by atoms with Crippen molar-refractivity contribution < 1.29 is 4.79 Å². The molecule has 0 aromatic carbocycles. The Balaban J connectivity index is 2.16. The predicted octanol–water partition coefficient (Wildman–Crippen LogP) is 0.766. The molecule has 0 spiro atoms. The number of rotatable bonds is 5. The predicted molar refractivity (Wildman–Crippen MR) is 52.2 cm³/mol. The van der Waals surface area contributed by atoms with E-state index in [2.05, 4.69) is 22.8 Å². The van der Waals surface area contributed by atoms with Crippen molar-refractivity contribution in [2.75, 3.05) is 6.54 Å². The standard InChI is InChI=1S/C9H15N3O/c1-2-3-4-5-10-6-8-7-11-12-9(8)13/h6-7,10H,2-5H2,1H3,(H,12,13). The highest BCUT2D eigenvalue weighted by molar-refractivity contribution is 6.15. The summed E-state index contributed by atoms with van der Waals surface area (Å²) in [5.41, 5.74) is 2.94. The van der Waals surface area contributed by atoms with Crippen LogP contribution in [0.3, 0.4) is 0 Å². The maximum atomic E-state index is 10.9. The van der Waals surface area contributed by atoms with E-state index in [1.54, 1.807) is 6.20 Å². The zero-order valence-corrected chi connectivity index (χ0v) is 7.84. The first kappa shape index (κ1) is 9.77. The van der Waals surface area contributed by atoms with Crippen LogP contribution in [0.5, 0.6) is 0 Å². The summed E-state index contributed by atoms with van der Waals surface area (Å²) in [5, 5.41) is 6.71. The summed E-state index contributed by atoms with van der Waals surface area (Å²) in [6.45, 7) is 3.08. The monoisotopic (exact) mass is 181 g/mol. The van der Waals surface area contributed by atoms with Crippen molar-refractivity contribution in [3.8, 4) is 0 Å². The molecular weight excluding hydrogens is 166 g/mol. The third-order valence-electron chi connectivity index (χ3n) is 1.81. The normalized spacial score (nSPS) is 17.9. The summed E-state index contributed by atoms with van der Waals surface area (Å²) in [4.78, 5) is 10.9. The molecule has 0 saturated carbocycles. The molecule has 72 valence electrons. The largest absolute Gasteiger partial charge is 0.390 e. The van der Waals surface area contributed by atoms with Gasteiger partial charge < -0.3 is 5.32 Å². The minimum Gasteiger partial charge on any atom is -0.390 e. The van der Waals surface area contributed by atoms with Crippen LogP contribution in [0.15, 0.2) is 16.9 Å². The summed E-state index contributed by atoms with van der Waals surface area (Å²) in [7, 11) is 0. The Labute approximate surface area is 78.1 Å². The number of hydrogen-bond acceptors (Lipinski definition) is 3. The van der Waals surface area contributed by atoms with Crippen LogP contribution >= 0.6 is 0 Å². The van der Waals surface area contributed by atoms with Gasteiger partial charge in [0.15, 0.2) is 0 Å². The molecule has 1 aliphatic rings. The molecule has 0 atom stereocenters. The fourth-order valence-electron chi connectivity index (χ4n) is 1.05. The van der Waals surface area contributed by atoms with E-state index in [9.17, 15) is 4.79 Å². The first-order chi connectivity index (χ1) is 6.34. The molecule has 1 heterocycles. The Morgan fingerprint density at radius 3 is 3.08 bits per heavy atom. The third-order valence-corrected chi connectivity index (χ3v) is 1.81. The van der Waals surface area contributed by atoms with E-state index in [1.807, 2.05) is 0 Å². The van der Waals surface area contributed by atoms with Gasteiger partial charge in [-0.1, -0.05) is 19.8 Å². The minimum absolute atomic E-state index is 0.136. The Kier molecular flexibility index (Phi) is 4.02. The lowest BCUT2D eigenvalue weighted by atomic mass is 10.2. The second-order valence-corrected chi connectivity index (χ2v) is 2.96. The Bertz CT molecular complexity index is 233. The maximum absolute atomic E-state index is 10.9. The molecule has 4 nitrogen and oxygen atoms in total. The van der Waals surface area contributed by atoms with E-state index in [1.165, 1.54) is 19.1 Å². The van der Waals surface area contributed by atoms with Gasteiger partial charge in [0.05, 0.1) is 11.8 Å². The van der Waals surface area contributed by atoms with Crippen molar-refractivity contribution in [3.05, 3.63) is 11.8 Å². The van der Waals surface area contributed by atoms with Crippen LogP contribution in [0.4, 0.5) is 0 Å². The van der Waals surface area contributed by atoms with Crippen molar-refractivity contribution in [2.45, 2.75) is 26.2 Å². The van der Waals surface area contributed by atoms with Crippen LogP contribution in [0.2, 0.25) is 0 Å². The molecule has 1 rings (SSSR count). The van der Waals surface area contributed by atoms with Crippen LogP contribution in [0.25, 0.3) is 0 Å². The molecule has 0 saturated heterocycles. The second kappa shape index (κ2) is 5.35. The van der Waals surface area contributed by atoms with Gasteiger partial charge >= 0.3 is 0 Å². The topological polar surface area (TPSA) is 53.5 Å². The molecule has 0 unspecified atom stereocenters. The smallest absolute Gasteiger partial charge is 0.274 e. The first-order valence-corrected chi connectivity index (χ1v) is 4.61. The Morgan fingerprint density at radius 1 is 1.62 bits per heavy atom. The first-order valence-electron chi connectivity index (χ1n) is 4.61. The van der Waals surface area contributed by atoms with E-state index in [0.29, 0.717) is 5.57 Å². The molecule has 2 N–H and O–H groups in total. The molecule has 0 aliphatic carbocycles. The lowest BCUT2D eigenvalue weighted by Crippen LogP contribution is -2.15. The van der Waals surface area contributed by atoms with E-state index in [4.69, 9.17) is 0 Å². The lowest BCUT2D eigenvalue weighted by Gasteiger charge is -1.99. The number of carbonyl (C=O) groups excluding carboxylic acids is 1. The molecule has 4 heteroatoms. The molecule has 0 bridgehead atoms. The van der Waals surface area contributed by atoms with E-state index in [-0.39, 0.29) is 5.91 Å². The Morgan fingerprint density at radius 2 is 2.46 bits per heavy atom. The van der Waals surface area contributed by atoms with Gasteiger partial charge in [-0.15, -0.1) is 0 Å². The van der Waals surface area contributed by atoms with Crippen LogP contribution in [0, 0.1) is 0 Å². The molecule has 1 aliphatic heterocycles. The molecule has 0 aromatic rings. The summed E-state index contributed by atoms with van der Waals surface area (Å²) in [6.07, 6.45) is 6.80. The highest BCUT2D eigenvalue weighted by Gasteiger charge is 2.10. The van der Waals surface area contributed by atoms with E-state index < -0.39 is 0 Å². The maximum Gasteiger partial charge on any atom is 0.274 e.